The van der Waals surface area contributed by atoms with E-state index >= 15 is 0 Å². The van der Waals surface area contributed by atoms with Crippen molar-refractivity contribution in [2.45, 2.75) is 16.5 Å². The Morgan fingerprint density at radius 2 is 1.94 bits per heavy atom. The molecule has 0 aliphatic rings. The van der Waals surface area contributed by atoms with Crippen LogP contribution in [0.1, 0.15) is 5.56 Å². The molecule has 0 atom stereocenters. The van der Waals surface area contributed by atoms with E-state index < -0.39 is 0 Å². The van der Waals surface area contributed by atoms with Gasteiger partial charge in [0.1, 0.15) is 5.03 Å². The minimum Gasteiger partial charge on any atom is -0.316 e. The lowest BCUT2D eigenvalue weighted by atomic mass is 10.2. The maximum absolute atomic E-state index is 6.25. The van der Waals surface area contributed by atoms with E-state index in [-0.39, 0.29) is 0 Å². The predicted molar refractivity (Wildman–Crippen MR) is 77.6 cm³/mol. The first-order valence-corrected chi connectivity index (χ1v) is 7.00. The Kier molecular flexibility index (Phi) is 4.89. The molecule has 0 amide bonds. The Hall–Kier alpha value is -0.740. The lowest BCUT2D eigenvalue weighted by molar-refractivity contribution is 0.803. The highest BCUT2D eigenvalue weighted by Crippen LogP contribution is 2.37. The first-order valence-electron chi connectivity index (χ1n) is 5.42. The van der Waals surface area contributed by atoms with E-state index in [0.717, 1.165) is 27.1 Å². The number of rotatable bonds is 4. The highest BCUT2D eigenvalue weighted by molar-refractivity contribution is 7.99. The summed E-state index contributed by atoms with van der Waals surface area (Å²) in [5, 5.41) is 5.25. The van der Waals surface area contributed by atoms with Gasteiger partial charge in [0.2, 0.25) is 0 Å². The largest absolute Gasteiger partial charge is 0.316 e. The van der Waals surface area contributed by atoms with Crippen LogP contribution in [-0.4, -0.2) is 12.0 Å². The number of hydrogen-bond donors (Lipinski definition) is 1. The molecule has 0 fully saturated rings. The summed E-state index contributed by atoms with van der Waals surface area (Å²) >= 11 is 13.9. The van der Waals surface area contributed by atoms with Crippen molar-refractivity contribution in [3.05, 3.63) is 52.1 Å². The van der Waals surface area contributed by atoms with Crippen LogP contribution in [0.3, 0.4) is 0 Å². The first kappa shape index (κ1) is 13.7. The molecular weight excluding hydrogens is 287 g/mol. The second kappa shape index (κ2) is 6.43. The molecule has 0 saturated heterocycles. The predicted octanol–water partition coefficient (Wildman–Crippen LogP) is 4.26. The summed E-state index contributed by atoms with van der Waals surface area (Å²) in [6, 6.07) is 9.50. The molecule has 1 N–H and O–H groups in total. The zero-order valence-corrected chi connectivity index (χ0v) is 12.1. The van der Waals surface area contributed by atoms with Crippen LogP contribution >= 0.6 is 35.0 Å². The number of nitrogens with one attached hydrogen (secondary N) is 1. The molecule has 0 saturated carbocycles. The molecule has 0 aliphatic carbocycles. The minimum atomic E-state index is 0.637. The third-order valence-corrected chi connectivity index (χ3v) is 4.39. The summed E-state index contributed by atoms with van der Waals surface area (Å²) in [6.07, 6.45) is 1.73. The number of aromatic nitrogens is 1. The van der Waals surface area contributed by atoms with Gasteiger partial charge >= 0.3 is 0 Å². The van der Waals surface area contributed by atoms with E-state index in [1.54, 1.807) is 6.20 Å². The van der Waals surface area contributed by atoms with Gasteiger partial charge in [-0.3, -0.25) is 0 Å². The van der Waals surface area contributed by atoms with Gasteiger partial charge in [0.25, 0.3) is 0 Å². The maximum Gasteiger partial charge on any atom is 0.119 e. The monoisotopic (exact) mass is 298 g/mol. The van der Waals surface area contributed by atoms with Crippen LogP contribution in [0, 0.1) is 0 Å². The fourth-order valence-electron chi connectivity index (χ4n) is 1.54. The zero-order valence-electron chi connectivity index (χ0n) is 9.78. The van der Waals surface area contributed by atoms with E-state index in [9.17, 15) is 0 Å². The molecule has 5 heteroatoms. The molecule has 0 radical (unpaired) electrons. The third kappa shape index (κ3) is 3.18. The van der Waals surface area contributed by atoms with E-state index in [2.05, 4.69) is 10.3 Å². The van der Waals surface area contributed by atoms with Gasteiger partial charge in [0.05, 0.1) is 10.0 Å². The molecule has 1 aromatic carbocycles. The molecule has 18 heavy (non-hydrogen) atoms. The highest BCUT2D eigenvalue weighted by Gasteiger charge is 2.11. The number of hydrogen-bond acceptors (Lipinski definition) is 3. The molecule has 2 nitrogen and oxygen atoms in total. The van der Waals surface area contributed by atoms with Crippen molar-refractivity contribution < 1.29 is 0 Å². The molecule has 1 aromatic heterocycles. The SMILES string of the molecule is CNCc1cccc(Cl)c1Sc1ncccc1Cl. The van der Waals surface area contributed by atoms with Crippen LogP contribution in [0.2, 0.25) is 10.0 Å². The molecule has 0 aliphatic heterocycles. The number of nitrogens with zero attached hydrogens (tertiary/aromatic N) is 1. The normalized spacial score (nSPS) is 10.6. The maximum atomic E-state index is 6.25. The summed E-state index contributed by atoms with van der Waals surface area (Å²) in [5.74, 6) is 0. The van der Waals surface area contributed by atoms with Gasteiger partial charge in [0, 0.05) is 17.6 Å². The molecule has 2 rings (SSSR count). The Balaban J connectivity index is 2.36. The van der Waals surface area contributed by atoms with Crippen molar-refractivity contribution in [2.24, 2.45) is 0 Å². The molecule has 2 aromatic rings. The molecule has 0 bridgehead atoms. The number of halogens is 2. The van der Waals surface area contributed by atoms with Crippen molar-refractivity contribution in [1.29, 1.82) is 0 Å². The van der Waals surface area contributed by atoms with Gasteiger partial charge in [-0.25, -0.2) is 4.98 Å². The second-order valence-electron chi connectivity index (χ2n) is 3.65. The van der Waals surface area contributed by atoms with Crippen LogP contribution < -0.4 is 5.32 Å². The molecule has 1 heterocycles. The Morgan fingerprint density at radius 3 is 2.67 bits per heavy atom. The van der Waals surface area contributed by atoms with Crippen molar-refractivity contribution in [3.63, 3.8) is 0 Å². The Bertz CT molecular complexity index is 546. The number of benzene rings is 1. The van der Waals surface area contributed by atoms with Gasteiger partial charge in [0.15, 0.2) is 0 Å². The fourth-order valence-corrected chi connectivity index (χ4v) is 3.00. The quantitative estimate of drug-likeness (QED) is 0.913. The summed E-state index contributed by atoms with van der Waals surface area (Å²) in [6.45, 7) is 0.757. The lowest BCUT2D eigenvalue weighted by Gasteiger charge is -2.10. The summed E-state index contributed by atoms with van der Waals surface area (Å²) in [5.41, 5.74) is 1.14. The van der Waals surface area contributed by atoms with Gasteiger partial charge in [-0.15, -0.1) is 0 Å². The molecule has 0 unspecified atom stereocenters. The highest BCUT2D eigenvalue weighted by atomic mass is 35.5. The Labute approximate surface area is 121 Å². The van der Waals surface area contributed by atoms with Crippen LogP contribution in [0.25, 0.3) is 0 Å². The van der Waals surface area contributed by atoms with Crippen molar-refractivity contribution >= 4 is 35.0 Å². The van der Waals surface area contributed by atoms with Crippen LogP contribution in [0.4, 0.5) is 0 Å². The smallest absolute Gasteiger partial charge is 0.119 e. The van der Waals surface area contributed by atoms with Gasteiger partial charge < -0.3 is 5.32 Å². The van der Waals surface area contributed by atoms with Gasteiger partial charge in [-0.1, -0.05) is 47.1 Å². The van der Waals surface area contributed by atoms with E-state index in [0.29, 0.717) is 5.02 Å². The fraction of sp³-hybridized carbons (Fsp3) is 0.154. The second-order valence-corrected chi connectivity index (χ2v) is 5.46. The van der Waals surface area contributed by atoms with E-state index in [1.165, 1.54) is 11.8 Å². The van der Waals surface area contributed by atoms with Gasteiger partial charge in [-0.05, 0) is 30.8 Å². The van der Waals surface area contributed by atoms with E-state index in [1.807, 2.05) is 37.4 Å². The minimum absolute atomic E-state index is 0.637. The van der Waals surface area contributed by atoms with Crippen LogP contribution in [-0.2, 0) is 6.54 Å². The van der Waals surface area contributed by atoms with Crippen molar-refractivity contribution in [2.75, 3.05) is 7.05 Å². The molecule has 0 spiro atoms. The van der Waals surface area contributed by atoms with Crippen molar-refractivity contribution in [1.82, 2.24) is 10.3 Å². The van der Waals surface area contributed by atoms with E-state index in [4.69, 9.17) is 23.2 Å². The van der Waals surface area contributed by atoms with Crippen LogP contribution in [0.15, 0.2) is 46.5 Å². The average Bonchev–Trinajstić information content (AvgIpc) is 2.36. The topological polar surface area (TPSA) is 24.9 Å². The standard InChI is InChI=1S/C13H12Cl2N2S/c1-16-8-9-4-2-5-10(14)12(9)18-13-11(15)6-3-7-17-13/h2-7,16H,8H2,1H3. The summed E-state index contributed by atoms with van der Waals surface area (Å²) in [7, 11) is 1.91. The summed E-state index contributed by atoms with van der Waals surface area (Å²) in [4.78, 5) is 5.26. The molecular formula is C13H12Cl2N2S. The van der Waals surface area contributed by atoms with Gasteiger partial charge in [-0.2, -0.15) is 0 Å². The van der Waals surface area contributed by atoms with Crippen molar-refractivity contribution in [3.8, 4) is 0 Å². The summed E-state index contributed by atoms with van der Waals surface area (Å²) < 4.78 is 0. The molecule has 94 valence electrons. The Morgan fingerprint density at radius 1 is 1.17 bits per heavy atom. The third-order valence-electron chi connectivity index (χ3n) is 2.34. The zero-order chi connectivity index (χ0) is 13.0. The lowest BCUT2D eigenvalue weighted by Crippen LogP contribution is -2.06. The van der Waals surface area contributed by atoms with Crippen LogP contribution in [0.5, 0.6) is 0 Å². The number of pyridine rings is 1. The average molecular weight is 299 g/mol. The first-order chi connectivity index (χ1) is 8.72.